The highest BCUT2D eigenvalue weighted by molar-refractivity contribution is 5.85. The smallest absolute Gasteiger partial charge is 0.227 e. The number of rotatable bonds is 4. The van der Waals surface area contributed by atoms with Crippen LogP contribution in [0.4, 0.5) is 0 Å². The molecule has 3 nitrogen and oxygen atoms in total. The van der Waals surface area contributed by atoms with Crippen LogP contribution in [0, 0.1) is 5.92 Å². The van der Waals surface area contributed by atoms with Crippen LogP contribution in [0.5, 0.6) is 0 Å². The molecule has 0 spiro atoms. The van der Waals surface area contributed by atoms with Crippen molar-refractivity contribution >= 4 is 18.3 Å². The van der Waals surface area contributed by atoms with Gasteiger partial charge in [0, 0.05) is 13.1 Å². The van der Waals surface area contributed by atoms with Gasteiger partial charge >= 0.3 is 0 Å². The Morgan fingerprint density at radius 2 is 1.67 bits per heavy atom. The number of benzene rings is 1. The Bertz CT molecular complexity index is 367. The van der Waals surface area contributed by atoms with Gasteiger partial charge in [-0.15, -0.1) is 12.4 Å². The first-order valence-corrected chi connectivity index (χ1v) is 6.02. The maximum absolute atomic E-state index is 12.1. The molecule has 1 amide bonds. The summed E-state index contributed by atoms with van der Waals surface area (Å²) < 4.78 is 0. The van der Waals surface area contributed by atoms with Crippen LogP contribution in [-0.2, 0) is 4.79 Å². The van der Waals surface area contributed by atoms with Gasteiger partial charge in [0.15, 0.2) is 0 Å². The minimum atomic E-state index is -0.147. The summed E-state index contributed by atoms with van der Waals surface area (Å²) in [4.78, 5) is 13.9. The molecule has 0 aliphatic carbocycles. The number of hydrogen-bond acceptors (Lipinski definition) is 2. The molecule has 1 aromatic carbocycles. The number of halogens is 1. The molecular formula is C14H23ClN2O. The van der Waals surface area contributed by atoms with Gasteiger partial charge in [-0.3, -0.25) is 4.79 Å². The van der Waals surface area contributed by atoms with Crippen LogP contribution in [0.3, 0.4) is 0 Å². The van der Waals surface area contributed by atoms with E-state index in [4.69, 9.17) is 5.73 Å². The van der Waals surface area contributed by atoms with Gasteiger partial charge in [-0.25, -0.2) is 0 Å². The topological polar surface area (TPSA) is 46.3 Å². The van der Waals surface area contributed by atoms with Gasteiger partial charge in [0.1, 0.15) is 0 Å². The Kier molecular flexibility index (Phi) is 6.96. The first-order valence-electron chi connectivity index (χ1n) is 6.02. The van der Waals surface area contributed by atoms with Crippen LogP contribution in [0.2, 0.25) is 0 Å². The zero-order valence-corrected chi connectivity index (χ0v) is 12.3. The molecule has 0 aliphatic rings. The summed E-state index contributed by atoms with van der Waals surface area (Å²) >= 11 is 0. The van der Waals surface area contributed by atoms with Crippen molar-refractivity contribution in [1.29, 1.82) is 0 Å². The summed E-state index contributed by atoms with van der Waals surface area (Å²) in [5.41, 5.74) is 6.91. The monoisotopic (exact) mass is 270 g/mol. The van der Waals surface area contributed by atoms with Crippen LogP contribution in [0.1, 0.15) is 32.4 Å². The first kappa shape index (κ1) is 16.9. The molecule has 1 aromatic rings. The number of carbonyl (C=O) groups excluding carboxylic acids is 1. The van der Waals surface area contributed by atoms with Crippen molar-refractivity contribution < 1.29 is 4.79 Å². The molecule has 0 saturated carbocycles. The van der Waals surface area contributed by atoms with E-state index < -0.39 is 0 Å². The third-order valence-corrected chi connectivity index (χ3v) is 3.39. The molecule has 0 bridgehead atoms. The Morgan fingerprint density at radius 1 is 1.17 bits per heavy atom. The quantitative estimate of drug-likeness (QED) is 0.914. The Balaban J connectivity index is 0.00000289. The summed E-state index contributed by atoms with van der Waals surface area (Å²) in [5, 5.41) is 0. The van der Waals surface area contributed by atoms with Crippen molar-refractivity contribution in [2.75, 3.05) is 7.05 Å². The summed E-state index contributed by atoms with van der Waals surface area (Å²) in [6.45, 7) is 5.77. The lowest BCUT2D eigenvalue weighted by Gasteiger charge is -2.29. The average Bonchev–Trinajstić information content (AvgIpc) is 2.36. The van der Waals surface area contributed by atoms with Gasteiger partial charge in [0.05, 0.1) is 12.0 Å². The van der Waals surface area contributed by atoms with Crippen molar-refractivity contribution in [3.63, 3.8) is 0 Å². The van der Waals surface area contributed by atoms with Crippen molar-refractivity contribution in [3.8, 4) is 0 Å². The maximum Gasteiger partial charge on any atom is 0.227 e. The molecule has 0 heterocycles. The first-order chi connectivity index (χ1) is 7.95. The van der Waals surface area contributed by atoms with E-state index in [0.717, 1.165) is 5.56 Å². The summed E-state index contributed by atoms with van der Waals surface area (Å²) in [6, 6.07) is 9.97. The second kappa shape index (κ2) is 7.39. The lowest BCUT2D eigenvalue weighted by Crippen LogP contribution is -2.40. The Labute approximate surface area is 116 Å². The molecule has 4 heteroatoms. The van der Waals surface area contributed by atoms with Gasteiger partial charge in [-0.1, -0.05) is 37.3 Å². The predicted molar refractivity (Wildman–Crippen MR) is 77.7 cm³/mol. The molecule has 0 fully saturated rings. The van der Waals surface area contributed by atoms with Gasteiger partial charge in [0.2, 0.25) is 5.91 Å². The highest BCUT2D eigenvalue weighted by atomic mass is 35.5. The molecule has 3 atom stereocenters. The third kappa shape index (κ3) is 4.00. The number of nitrogens with two attached hydrogens (primary N) is 1. The third-order valence-electron chi connectivity index (χ3n) is 3.39. The van der Waals surface area contributed by atoms with Gasteiger partial charge < -0.3 is 10.6 Å². The summed E-state index contributed by atoms with van der Waals surface area (Å²) in [6.07, 6.45) is 0. The highest BCUT2D eigenvalue weighted by Crippen LogP contribution is 2.20. The number of hydrogen-bond donors (Lipinski definition) is 1. The van der Waals surface area contributed by atoms with E-state index in [1.807, 2.05) is 58.2 Å². The largest absolute Gasteiger partial charge is 0.339 e. The van der Waals surface area contributed by atoms with Crippen LogP contribution >= 0.6 is 12.4 Å². The minimum Gasteiger partial charge on any atom is -0.339 e. The average molecular weight is 271 g/mol. The molecule has 0 aliphatic heterocycles. The number of nitrogens with zero attached hydrogens (tertiary/aromatic N) is 1. The number of amides is 1. The van der Waals surface area contributed by atoms with Gasteiger partial charge in [0.25, 0.3) is 0 Å². The zero-order chi connectivity index (χ0) is 13.0. The molecule has 0 saturated heterocycles. The Morgan fingerprint density at radius 3 is 2.11 bits per heavy atom. The molecule has 1 rings (SSSR count). The number of carbonyl (C=O) groups is 1. The predicted octanol–water partition coefficient (Wildman–Crippen LogP) is 2.61. The molecule has 0 radical (unpaired) electrons. The Hall–Kier alpha value is -1.06. The normalized spacial score (nSPS) is 15.2. The van der Waals surface area contributed by atoms with E-state index in [9.17, 15) is 4.79 Å². The fourth-order valence-corrected chi connectivity index (χ4v) is 1.69. The highest BCUT2D eigenvalue weighted by Gasteiger charge is 2.24. The molecule has 2 N–H and O–H groups in total. The molecular weight excluding hydrogens is 248 g/mol. The fraction of sp³-hybridized carbons (Fsp3) is 0.500. The van der Waals surface area contributed by atoms with Crippen molar-refractivity contribution in [1.82, 2.24) is 4.90 Å². The van der Waals surface area contributed by atoms with E-state index in [0.29, 0.717) is 0 Å². The van der Waals surface area contributed by atoms with E-state index >= 15 is 0 Å². The summed E-state index contributed by atoms with van der Waals surface area (Å²) in [7, 11) is 1.83. The minimum absolute atomic E-state index is 0. The van der Waals surface area contributed by atoms with Crippen LogP contribution in [-0.4, -0.2) is 23.9 Å². The fourth-order valence-electron chi connectivity index (χ4n) is 1.69. The van der Waals surface area contributed by atoms with Gasteiger partial charge in [-0.05, 0) is 19.4 Å². The van der Waals surface area contributed by atoms with Crippen molar-refractivity contribution in [2.45, 2.75) is 32.9 Å². The standard InChI is InChI=1S/C14H22N2O.ClH/c1-10(11(2)15)14(17)16(4)12(3)13-8-6-5-7-9-13;/h5-12H,15H2,1-4H3;1H. The molecule has 18 heavy (non-hydrogen) atoms. The molecule has 102 valence electrons. The van der Waals surface area contributed by atoms with Crippen LogP contribution < -0.4 is 5.73 Å². The second-order valence-corrected chi connectivity index (χ2v) is 4.68. The zero-order valence-electron chi connectivity index (χ0n) is 11.5. The molecule has 3 unspecified atom stereocenters. The van der Waals surface area contributed by atoms with E-state index in [1.54, 1.807) is 4.90 Å². The lowest BCUT2D eigenvalue weighted by atomic mass is 10.0. The van der Waals surface area contributed by atoms with Gasteiger partial charge in [-0.2, -0.15) is 0 Å². The van der Waals surface area contributed by atoms with E-state index in [1.165, 1.54) is 0 Å². The van der Waals surface area contributed by atoms with E-state index in [2.05, 4.69) is 0 Å². The lowest BCUT2D eigenvalue weighted by molar-refractivity contribution is -0.136. The summed E-state index contributed by atoms with van der Waals surface area (Å²) in [5.74, 6) is -0.0532. The van der Waals surface area contributed by atoms with Crippen LogP contribution in [0.15, 0.2) is 30.3 Å². The molecule has 0 aromatic heterocycles. The van der Waals surface area contributed by atoms with Crippen molar-refractivity contribution in [3.05, 3.63) is 35.9 Å². The van der Waals surface area contributed by atoms with E-state index in [-0.39, 0.29) is 36.3 Å². The SMILES string of the molecule is CC(N)C(C)C(=O)N(C)C(C)c1ccccc1.Cl. The van der Waals surface area contributed by atoms with Crippen LogP contribution in [0.25, 0.3) is 0 Å². The maximum atomic E-state index is 12.1. The second-order valence-electron chi connectivity index (χ2n) is 4.68. The van der Waals surface area contributed by atoms with Crippen molar-refractivity contribution in [2.24, 2.45) is 11.7 Å².